The van der Waals surface area contributed by atoms with E-state index in [4.69, 9.17) is 5.11 Å². The lowest BCUT2D eigenvalue weighted by Crippen LogP contribution is -2.04. The van der Waals surface area contributed by atoms with Crippen LogP contribution < -0.4 is 0 Å². The Labute approximate surface area is 120 Å². The van der Waals surface area contributed by atoms with Crippen molar-refractivity contribution in [3.05, 3.63) is 41.5 Å². The predicted octanol–water partition coefficient (Wildman–Crippen LogP) is 2.72. The van der Waals surface area contributed by atoms with Crippen molar-refractivity contribution in [2.45, 2.75) is 6.92 Å². The van der Waals surface area contributed by atoms with Gasteiger partial charge in [-0.1, -0.05) is 0 Å². The van der Waals surface area contributed by atoms with Crippen LogP contribution in [0.5, 0.6) is 0 Å². The van der Waals surface area contributed by atoms with E-state index in [2.05, 4.69) is 5.10 Å². The summed E-state index contributed by atoms with van der Waals surface area (Å²) in [5.74, 6) is -1.33. The summed E-state index contributed by atoms with van der Waals surface area (Å²) in [5, 5.41) is 14.3. The second-order valence-electron chi connectivity index (χ2n) is 5.02. The molecule has 3 rings (SSSR count). The van der Waals surface area contributed by atoms with Crippen LogP contribution in [0.1, 0.15) is 16.2 Å². The average molecular weight is 287 g/mol. The van der Waals surface area contributed by atoms with Crippen molar-refractivity contribution in [1.29, 1.82) is 0 Å². The largest absolute Gasteiger partial charge is 0.477 e. The lowest BCUT2D eigenvalue weighted by molar-refractivity contribution is 0.0685. The lowest BCUT2D eigenvalue weighted by atomic mass is 10.1. The molecule has 1 aromatic carbocycles. The molecular weight excluding hydrogens is 273 g/mol. The summed E-state index contributed by atoms with van der Waals surface area (Å²) < 4.78 is 16.6. The van der Waals surface area contributed by atoms with E-state index >= 15 is 0 Å². The molecule has 0 amide bonds. The second-order valence-corrected chi connectivity index (χ2v) is 5.02. The molecule has 2 heterocycles. The van der Waals surface area contributed by atoms with Gasteiger partial charge in [0.2, 0.25) is 0 Å². The monoisotopic (exact) mass is 287 g/mol. The molecule has 0 fully saturated rings. The fourth-order valence-corrected chi connectivity index (χ4v) is 2.65. The van der Waals surface area contributed by atoms with Gasteiger partial charge in [-0.15, -0.1) is 0 Å². The Kier molecular flexibility index (Phi) is 2.83. The van der Waals surface area contributed by atoms with Gasteiger partial charge in [0.1, 0.15) is 11.5 Å². The van der Waals surface area contributed by atoms with E-state index in [0.29, 0.717) is 5.69 Å². The van der Waals surface area contributed by atoms with Crippen molar-refractivity contribution < 1.29 is 14.3 Å². The van der Waals surface area contributed by atoms with Gasteiger partial charge in [-0.05, 0) is 31.2 Å². The van der Waals surface area contributed by atoms with Gasteiger partial charge in [0.05, 0.1) is 11.2 Å². The van der Waals surface area contributed by atoms with Crippen LogP contribution in [0.4, 0.5) is 4.39 Å². The van der Waals surface area contributed by atoms with Crippen LogP contribution in [0, 0.1) is 12.7 Å². The first-order valence-corrected chi connectivity index (χ1v) is 6.42. The molecule has 0 saturated heterocycles. The van der Waals surface area contributed by atoms with Crippen LogP contribution in [0.2, 0.25) is 0 Å². The molecule has 6 heteroatoms. The molecule has 3 aromatic rings. The van der Waals surface area contributed by atoms with E-state index in [1.54, 1.807) is 13.1 Å². The van der Waals surface area contributed by atoms with Crippen molar-refractivity contribution in [2.75, 3.05) is 0 Å². The van der Waals surface area contributed by atoms with Crippen LogP contribution in [0.15, 0.2) is 24.3 Å². The zero-order valence-corrected chi connectivity index (χ0v) is 11.9. The quantitative estimate of drug-likeness (QED) is 0.788. The summed E-state index contributed by atoms with van der Waals surface area (Å²) in [4.78, 5) is 11.1. The Morgan fingerprint density at radius 1 is 1.29 bits per heavy atom. The molecule has 0 radical (unpaired) electrons. The summed E-state index contributed by atoms with van der Waals surface area (Å²) in [6.45, 7) is 1.91. The predicted molar refractivity (Wildman–Crippen MR) is 76.8 cm³/mol. The minimum Gasteiger partial charge on any atom is -0.477 e. The van der Waals surface area contributed by atoms with E-state index < -0.39 is 5.97 Å². The number of aromatic nitrogens is 3. The van der Waals surface area contributed by atoms with Crippen LogP contribution in [0.3, 0.4) is 0 Å². The molecule has 0 aliphatic heterocycles. The molecule has 0 saturated carbocycles. The number of rotatable bonds is 2. The first-order valence-electron chi connectivity index (χ1n) is 6.42. The first-order chi connectivity index (χ1) is 9.90. The topological polar surface area (TPSA) is 60.0 Å². The molecule has 0 aliphatic carbocycles. The number of carboxylic acids is 1. The maximum absolute atomic E-state index is 13.4. The molecule has 5 nitrogen and oxygen atoms in total. The van der Waals surface area contributed by atoms with Gasteiger partial charge in [-0.3, -0.25) is 4.68 Å². The molecule has 108 valence electrons. The molecule has 0 unspecified atom stereocenters. The van der Waals surface area contributed by atoms with Crippen molar-refractivity contribution >= 4 is 16.9 Å². The Hall–Kier alpha value is -2.63. The average Bonchev–Trinajstić information content (AvgIpc) is 2.91. The third-order valence-corrected chi connectivity index (χ3v) is 3.81. The van der Waals surface area contributed by atoms with Gasteiger partial charge in [-0.2, -0.15) is 5.10 Å². The number of carbonyl (C=O) groups is 1. The number of benzene rings is 1. The normalized spacial score (nSPS) is 11.2. The summed E-state index contributed by atoms with van der Waals surface area (Å²) in [5.41, 5.74) is 3.18. The van der Waals surface area contributed by atoms with Crippen molar-refractivity contribution in [3.63, 3.8) is 0 Å². The number of hydrogen-bond acceptors (Lipinski definition) is 2. The highest BCUT2D eigenvalue weighted by atomic mass is 19.1. The standard InChI is InChI=1S/C15H14FN3O2/c1-8-14(11-7-13(15(20)21)19(3)17-11)10-5-4-9(16)6-12(10)18(8)2/h4-7H,1-3H3,(H,20,21). The number of nitrogens with zero attached hydrogens (tertiary/aromatic N) is 3. The highest BCUT2D eigenvalue weighted by Gasteiger charge is 2.19. The molecule has 1 N–H and O–H groups in total. The number of halogens is 1. The van der Waals surface area contributed by atoms with Crippen molar-refractivity contribution in [1.82, 2.24) is 14.3 Å². The Morgan fingerprint density at radius 3 is 2.62 bits per heavy atom. The fourth-order valence-electron chi connectivity index (χ4n) is 2.65. The molecule has 2 aromatic heterocycles. The smallest absolute Gasteiger partial charge is 0.354 e. The fraction of sp³-hybridized carbons (Fsp3) is 0.200. The maximum atomic E-state index is 13.4. The van der Waals surface area contributed by atoms with Crippen LogP contribution in [0.25, 0.3) is 22.2 Å². The molecule has 0 spiro atoms. The number of aryl methyl sites for hydroxylation is 2. The minimum absolute atomic E-state index is 0.114. The summed E-state index contributed by atoms with van der Waals surface area (Å²) in [6.07, 6.45) is 0. The zero-order chi connectivity index (χ0) is 15.3. The number of fused-ring (bicyclic) bond motifs is 1. The van der Waals surface area contributed by atoms with E-state index in [1.807, 2.05) is 18.5 Å². The summed E-state index contributed by atoms with van der Waals surface area (Å²) in [6, 6.07) is 6.09. The summed E-state index contributed by atoms with van der Waals surface area (Å²) >= 11 is 0. The summed E-state index contributed by atoms with van der Waals surface area (Å²) in [7, 11) is 3.44. The second kappa shape index (κ2) is 4.44. The highest BCUT2D eigenvalue weighted by molar-refractivity contribution is 5.98. The molecular formula is C15H14FN3O2. The highest BCUT2D eigenvalue weighted by Crippen LogP contribution is 2.33. The van der Waals surface area contributed by atoms with Crippen LogP contribution in [-0.4, -0.2) is 25.4 Å². The number of aromatic carboxylic acids is 1. The minimum atomic E-state index is -1.03. The SMILES string of the molecule is Cc1c(-c2cc(C(=O)O)n(C)n2)c2ccc(F)cc2n1C. The maximum Gasteiger partial charge on any atom is 0.354 e. The Balaban J connectivity index is 2.32. The van der Waals surface area contributed by atoms with Crippen molar-refractivity contribution in [3.8, 4) is 11.3 Å². The van der Waals surface area contributed by atoms with Crippen LogP contribution in [-0.2, 0) is 14.1 Å². The van der Waals surface area contributed by atoms with Gasteiger partial charge >= 0.3 is 5.97 Å². The third-order valence-electron chi connectivity index (χ3n) is 3.81. The molecule has 0 aliphatic rings. The number of hydrogen-bond donors (Lipinski definition) is 1. The van der Waals surface area contributed by atoms with Gasteiger partial charge in [0.25, 0.3) is 0 Å². The first kappa shape index (κ1) is 13.4. The van der Waals surface area contributed by atoms with Gasteiger partial charge in [-0.25, -0.2) is 9.18 Å². The van der Waals surface area contributed by atoms with E-state index in [9.17, 15) is 9.18 Å². The molecule has 21 heavy (non-hydrogen) atoms. The Morgan fingerprint density at radius 2 is 2.00 bits per heavy atom. The number of carboxylic acid groups (broad SMARTS) is 1. The van der Waals surface area contributed by atoms with Gasteiger partial charge in [0.15, 0.2) is 0 Å². The molecule has 0 atom stereocenters. The van der Waals surface area contributed by atoms with Crippen molar-refractivity contribution in [2.24, 2.45) is 14.1 Å². The third kappa shape index (κ3) is 1.91. The molecule has 0 bridgehead atoms. The Bertz CT molecular complexity index is 877. The van der Waals surface area contributed by atoms with Gasteiger partial charge in [0, 0.05) is 30.7 Å². The van der Waals surface area contributed by atoms with Crippen LogP contribution >= 0.6 is 0 Å². The van der Waals surface area contributed by atoms with E-state index in [-0.39, 0.29) is 11.5 Å². The van der Waals surface area contributed by atoms with E-state index in [0.717, 1.165) is 22.2 Å². The zero-order valence-electron chi connectivity index (χ0n) is 11.9. The van der Waals surface area contributed by atoms with Gasteiger partial charge < -0.3 is 9.67 Å². The van der Waals surface area contributed by atoms with E-state index in [1.165, 1.54) is 22.9 Å². The lowest BCUT2D eigenvalue weighted by Gasteiger charge is -1.98.